The molecule has 0 aliphatic heterocycles. The van der Waals surface area contributed by atoms with Crippen LogP contribution in [0.5, 0.6) is 0 Å². The number of hydrogen-bond donors (Lipinski definition) is 1. The molecule has 4 rings (SSSR count). The molecule has 1 unspecified atom stereocenters. The molecule has 2 aromatic heterocycles. The SMILES string of the molecule is CC(NCc1ccc2ccn(C)c2c1)c1cnn(-c2ccccc2)n1. The van der Waals surface area contributed by atoms with Gasteiger partial charge in [-0.05, 0) is 42.1 Å². The van der Waals surface area contributed by atoms with Crippen LogP contribution in [0.2, 0.25) is 0 Å². The fourth-order valence-electron chi connectivity index (χ4n) is 2.95. The van der Waals surface area contributed by atoms with E-state index >= 15 is 0 Å². The quantitative estimate of drug-likeness (QED) is 0.608. The smallest absolute Gasteiger partial charge is 0.0998 e. The van der Waals surface area contributed by atoms with Gasteiger partial charge in [0.25, 0.3) is 0 Å². The molecule has 25 heavy (non-hydrogen) atoms. The molecule has 2 aromatic carbocycles. The van der Waals surface area contributed by atoms with E-state index in [-0.39, 0.29) is 6.04 Å². The molecular weight excluding hydrogens is 310 g/mol. The Morgan fingerprint density at radius 2 is 1.92 bits per heavy atom. The highest BCUT2D eigenvalue weighted by Gasteiger charge is 2.10. The second-order valence-corrected chi connectivity index (χ2v) is 6.32. The van der Waals surface area contributed by atoms with Crippen molar-refractivity contribution in [2.75, 3.05) is 0 Å². The van der Waals surface area contributed by atoms with Crippen LogP contribution in [0.1, 0.15) is 24.2 Å². The Hall–Kier alpha value is -2.92. The summed E-state index contributed by atoms with van der Waals surface area (Å²) in [6.45, 7) is 2.90. The van der Waals surface area contributed by atoms with E-state index in [0.29, 0.717) is 0 Å². The minimum absolute atomic E-state index is 0.126. The van der Waals surface area contributed by atoms with Crippen LogP contribution in [-0.4, -0.2) is 19.6 Å². The van der Waals surface area contributed by atoms with Gasteiger partial charge in [0, 0.05) is 25.3 Å². The lowest BCUT2D eigenvalue weighted by atomic mass is 10.1. The molecule has 126 valence electrons. The monoisotopic (exact) mass is 331 g/mol. The maximum atomic E-state index is 4.59. The molecule has 1 N–H and O–H groups in total. The van der Waals surface area contributed by atoms with E-state index in [1.165, 1.54) is 16.5 Å². The highest BCUT2D eigenvalue weighted by Crippen LogP contribution is 2.17. The van der Waals surface area contributed by atoms with Crippen LogP contribution in [0.25, 0.3) is 16.6 Å². The topological polar surface area (TPSA) is 47.7 Å². The van der Waals surface area contributed by atoms with E-state index < -0.39 is 0 Å². The van der Waals surface area contributed by atoms with Gasteiger partial charge < -0.3 is 9.88 Å². The van der Waals surface area contributed by atoms with Crippen molar-refractivity contribution in [2.24, 2.45) is 7.05 Å². The Bertz CT molecular complexity index is 984. The number of aromatic nitrogens is 4. The molecule has 5 heteroatoms. The van der Waals surface area contributed by atoms with Gasteiger partial charge >= 0.3 is 0 Å². The fraction of sp³-hybridized carbons (Fsp3) is 0.200. The number of hydrogen-bond acceptors (Lipinski definition) is 3. The Labute approximate surface area is 146 Å². The third-order valence-electron chi connectivity index (χ3n) is 4.51. The first-order valence-electron chi connectivity index (χ1n) is 8.46. The standard InChI is InChI=1S/C20H21N5/c1-15(19-14-22-25(23-19)18-6-4-3-5-7-18)21-13-16-8-9-17-10-11-24(2)20(17)12-16/h3-12,14-15,21H,13H2,1-2H3. The van der Waals surface area contributed by atoms with Gasteiger partial charge in [-0.3, -0.25) is 0 Å². The van der Waals surface area contributed by atoms with Crippen molar-refractivity contribution in [1.82, 2.24) is 24.9 Å². The van der Waals surface area contributed by atoms with Crippen LogP contribution < -0.4 is 5.32 Å². The summed E-state index contributed by atoms with van der Waals surface area (Å²) in [4.78, 5) is 1.67. The second kappa shape index (κ2) is 6.53. The second-order valence-electron chi connectivity index (χ2n) is 6.32. The summed E-state index contributed by atoms with van der Waals surface area (Å²) in [6, 6.07) is 18.8. The molecule has 5 nitrogen and oxygen atoms in total. The lowest BCUT2D eigenvalue weighted by Gasteiger charge is -2.11. The normalized spacial score (nSPS) is 12.6. The Balaban J connectivity index is 1.45. The molecule has 0 saturated carbocycles. The van der Waals surface area contributed by atoms with E-state index in [2.05, 4.69) is 64.5 Å². The van der Waals surface area contributed by atoms with E-state index in [0.717, 1.165) is 17.9 Å². The zero-order chi connectivity index (χ0) is 17.2. The van der Waals surface area contributed by atoms with Crippen molar-refractivity contribution in [3.8, 4) is 5.69 Å². The number of nitrogens with zero attached hydrogens (tertiary/aromatic N) is 4. The summed E-state index contributed by atoms with van der Waals surface area (Å²) in [5, 5.41) is 13.8. The molecule has 4 aromatic rings. The molecule has 0 radical (unpaired) electrons. The van der Waals surface area contributed by atoms with Crippen LogP contribution in [0, 0.1) is 0 Å². The molecule has 0 fully saturated rings. The van der Waals surface area contributed by atoms with E-state index in [1.807, 2.05) is 36.5 Å². The summed E-state index contributed by atoms with van der Waals surface area (Å²) in [5.74, 6) is 0. The predicted molar refractivity (Wildman–Crippen MR) is 99.5 cm³/mol. The van der Waals surface area contributed by atoms with Crippen LogP contribution in [-0.2, 0) is 13.6 Å². The third-order valence-corrected chi connectivity index (χ3v) is 4.51. The number of para-hydroxylation sites is 1. The van der Waals surface area contributed by atoms with Gasteiger partial charge in [0.2, 0.25) is 0 Å². The molecule has 0 aliphatic carbocycles. The zero-order valence-electron chi connectivity index (χ0n) is 14.4. The van der Waals surface area contributed by atoms with Crippen LogP contribution in [0.4, 0.5) is 0 Å². The summed E-state index contributed by atoms with van der Waals surface area (Å²) in [7, 11) is 2.07. The van der Waals surface area contributed by atoms with Crippen LogP contribution in [0.15, 0.2) is 67.0 Å². The zero-order valence-corrected chi connectivity index (χ0v) is 14.4. The summed E-state index contributed by atoms with van der Waals surface area (Å²) >= 11 is 0. The van der Waals surface area contributed by atoms with Crippen LogP contribution >= 0.6 is 0 Å². The van der Waals surface area contributed by atoms with Crippen molar-refractivity contribution in [3.63, 3.8) is 0 Å². The number of rotatable bonds is 5. The van der Waals surface area contributed by atoms with Crippen LogP contribution in [0.3, 0.4) is 0 Å². The van der Waals surface area contributed by atoms with Crippen molar-refractivity contribution in [3.05, 3.63) is 78.2 Å². The third kappa shape index (κ3) is 3.19. The molecule has 0 amide bonds. The number of benzene rings is 2. The first-order valence-corrected chi connectivity index (χ1v) is 8.46. The first kappa shape index (κ1) is 15.6. The molecule has 0 bridgehead atoms. The van der Waals surface area contributed by atoms with Gasteiger partial charge in [-0.25, -0.2) is 0 Å². The van der Waals surface area contributed by atoms with Gasteiger partial charge in [-0.1, -0.05) is 30.3 Å². The maximum Gasteiger partial charge on any atom is 0.0998 e. The van der Waals surface area contributed by atoms with Crippen molar-refractivity contribution in [1.29, 1.82) is 0 Å². The lowest BCUT2D eigenvalue weighted by Crippen LogP contribution is -2.18. The van der Waals surface area contributed by atoms with E-state index in [1.54, 1.807) is 4.80 Å². The van der Waals surface area contributed by atoms with Gasteiger partial charge in [-0.15, -0.1) is 0 Å². The van der Waals surface area contributed by atoms with E-state index in [9.17, 15) is 0 Å². The van der Waals surface area contributed by atoms with Gasteiger partial charge in [0.05, 0.1) is 23.6 Å². The first-order chi connectivity index (χ1) is 12.2. The maximum absolute atomic E-state index is 4.59. The molecule has 1 atom stereocenters. The lowest BCUT2D eigenvalue weighted by molar-refractivity contribution is 0.555. The molecular formula is C20H21N5. The average Bonchev–Trinajstić information content (AvgIpc) is 3.28. The summed E-state index contributed by atoms with van der Waals surface area (Å²) in [6.07, 6.45) is 3.91. The van der Waals surface area contributed by atoms with Gasteiger partial charge in [-0.2, -0.15) is 15.0 Å². The van der Waals surface area contributed by atoms with Crippen molar-refractivity contribution >= 4 is 10.9 Å². The Kier molecular flexibility index (Phi) is 4.07. The van der Waals surface area contributed by atoms with Gasteiger partial charge in [0.1, 0.15) is 0 Å². The molecule has 0 aliphatic rings. The predicted octanol–water partition coefficient (Wildman–Crippen LogP) is 3.61. The average molecular weight is 331 g/mol. The molecule has 2 heterocycles. The minimum Gasteiger partial charge on any atom is -0.351 e. The highest BCUT2D eigenvalue weighted by molar-refractivity contribution is 5.80. The van der Waals surface area contributed by atoms with Crippen molar-refractivity contribution < 1.29 is 0 Å². The minimum atomic E-state index is 0.126. The van der Waals surface area contributed by atoms with Crippen molar-refractivity contribution in [2.45, 2.75) is 19.5 Å². The number of aryl methyl sites for hydroxylation is 1. The van der Waals surface area contributed by atoms with E-state index in [4.69, 9.17) is 0 Å². The molecule has 0 saturated heterocycles. The number of nitrogens with one attached hydrogen (secondary N) is 1. The fourth-order valence-corrected chi connectivity index (χ4v) is 2.95. The summed E-state index contributed by atoms with van der Waals surface area (Å²) < 4.78 is 2.15. The highest BCUT2D eigenvalue weighted by atomic mass is 15.5. The molecule has 0 spiro atoms. The largest absolute Gasteiger partial charge is 0.351 e. The Morgan fingerprint density at radius 1 is 1.08 bits per heavy atom. The van der Waals surface area contributed by atoms with Gasteiger partial charge in [0.15, 0.2) is 0 Å². The number of fused-ring (bicyclic) bond motifs is 1. The Morgan fingerprint density at radius 3 is 2.76 bits per heavy atom. The summed E-state index contributed by atoms with van der Waals surface area (Å²) in [5.41, 5.74) is 4.41.